The van der Waals surface area contributed by atoms with Gasteiger partial charge in [0.25, 0.3) is 0 Å². The zero-order valence-corrected chi connectivity index (χ0v) is 6.91. The summed E-state index contributed by atoms with van der Waals surface area (Å²) in [6, 6.07) is 5.56. The minimum absolute atomic E-state index is 0.685. The highest BCUT2D eigenvalue weighted by molar-refractivity contribution is 5.10. The van der Waals surface area contributed by atoms with E-state index in [-0.39, 0.29) is 0 Å². The molecule has 0 radical (unpaired) electrons. The van der Waals surface area contributed by atoms with Crippen LogP contribution in [0.3, 0.4) is 0 Å². The van der Waals surface area contributed by atoms with Crippen molar-refractivity contribution in [1.29, 1.82) is 0 Å². The summed E-state index contributed by atoms with van der Waals surface area (Å²) in [5.41, 5.74) is -0.0381. The summed E-state index contributed by atoms with van der Waals surface area (Å²) in [4.78, 5) is 4.07. The molecule has 0 bridgehead atoms. The Morgan fingerprint density at radius 1 is 1.55 bits per heavy atom. The number of aliphatic hydroxyl groups is 1. The van der Waals surface area contributed by atoms with E-state index in [1.807, 2.05) is 25.1 Å². The van der Waals surface area contributed by atoms with E-state index in [1.165, 1.54) is 0 Å². The molecule has 0 saturated heterocycles. The number of nitrogens with zero attached hydrogens (tertiary/aromatic N) is 1. The van der Waals surface area contributed by atoms with Gasteiger partial charge in [-0.3, -0.25) is 4.98 Å². The van der Waals surface area contributed by atoms with E-state index in [0.717, 1.165) is 5.69 Å². The van der Waals surface area contributed by atoms with Crippen LogP contribution in [0, 0.1) is 0 Å². The molecule has 2 nitrogen and oxygen atoms in total. The Bertz CT molecular complexity index is 218. The first-order valence-corrected chi connectivity index (χ1v) is 3.80. The fraction of sp³-hybridized carbons (Fsp3) is 0.444. The van der Waals surface area contributed by atoms with Crippen molar-refractivity contribution in [3.05, 3.63) is 30.1 Å². The summed E-state index contributed by atoms with van der Waals surface area (Å²) in [5.74, 6) is 0. The molecule has 0 spiro atoms. The zero-order chi connectivity index (χ0) is 8.32. The number of hydrogen-bond donors (Lipinski definition) is 1. The van der Waals surface area contributed by atoms with E-state index in [1.54, 1.807) is 13.1 Å². The molecule has 1 atom stereocenters. The Morgan fingerprint density at radius 2 is 2.27 bits per heavy atom. The summed E-state index contributed by atoms with van der Waals surface area (Å²) < 4.78 is 0. The number of rotatable bonds is 2. The van der Waals surface area contributed by atoms with Crippen molar-refractivity contribution in [3.8, 4) is 0 Å². The zero-order valence-electron chi connectivity index (χ0n) is 6.91. The van der Waals surface area contributed by atoms with Crippen LogP contribution >= 0.6 is 0 Å². The monoisotopic (exact) mass is 151 g/mol. The second-order valence-corrected chi connectivity index (χ2v) is 2.84. The molecule has 0 aliphatic heterocycles. The Balaban J connectivity index is 2.93. The summed E-state index contributed by atoms with van der Waals surface area (Å²) in [6.45, 7) is 3.71. The van der Waals surface area contributed by atoms with Gasteiger partial charge in [-0.15, -0.1) is 0 Å². The molecule has 1 aromatic heterocycles. The van der Waals surface area contributed by atoms with Crippen LogP contribution in [0.5, 0.6) is 0 Å². The molecule has 1 N–H and O–H groups in total. The molecule has 0 saturated carbocycles. The maximum atomic E-state index is 9.73. The maximum absolute atomic E-state index is 9.73. The lowest BCUT2D eigenvalue weighted by atomic mass is 9.99. The molecule has 0 unspecified atom stereocenters. The molecule has 60 valence electrons. The van der Waals surface area contributed by atoms with Gasteiger partial charge in [-0.25, -0.2) is 0 Å². The molecule has 0 aromatic carbocycles. The highest BCUT2D eigenvalue weighted by atomic mass is 16.3. The highest BCUT2D eigenvalue weighted by Crippen LogP contribution is 2.20. The van der Waals surface area contributed by atoms with E-state index >= 15 is 0 Å². The van der Waals surface area contributed by atoms with Gasteiger partial charge in [0.15, 0.2) is 0 Å². The van der Waals surface area contributed by atoms with Gasteiger partial charge in [-0.1, -0.05) is 13.0 Å². The van der Waals surface area contributed by atoms with E-state index in [4.69, 9.17) is 0 Å². The third kappa shape index (κ3) is 1.77. The van der Waals surface area contributed by atoms with Gasteiger partial charge in [0.2, 0.25) is 0 Å². The SMILES string of the molecule is CC[C@](C)(O)c1ccccn1. The van der Waals surface area contributed by atoms with Crippen molar-refractivity contribution >= 4 is 0 Å². The predicted molar refractivity (Wildman–Crippen MR) is 44.1 cm³/mol. The molecule has 1 heterocycles. The van der Waals surface area contributed by atoms with E-state index in [0.29, 0.717) is 6.42 Å². The molecular formula is C9H13NO. The standard InChI is InChI=1S/C9H13NO/c1-3-9(2,11)8-6-4-5-7-10-8/h4-7,11H,3H2,1-2H3/t9-/m0/s1. The van der Waals surface area contributed by atoms with Gasteiger partial charge >= 0.3 is 0 Å². The van der Waals surface area contributed by atoms with Crippen LogP contribution in [-0.4, -0.2) is 10.1 Å². The predicted octanol–water partition coefficient (Wildman–Crippen LogP) is 1.70. The van der Waals surface area contributed by atoms with Crippen molar-refractivity contribution in [2.24, 2.45) is 0 Å². The van der Waals surface area contributed by atoms with Gasteiger partial charge in [0, 0.05) is 6.20 Å². The average Bonchev–Trinajstić information content (AvgIpc) is 2.06. The third-order valence-corrected chi connectivity index (χ3v) is 1.91. The van der Waals surface area contributed by atoms with E-state index in [9.17, 15) is 5.11 Å². The molecule has 11 heavy (non-hydrogen) atoms. The van der Waals surface area contributed by atoms with Crippen LogP contribution in [0.15, 0.2) is 24.4 Å². The summed E-state index contributed by atoms with van der Waals surface area (Å²) in [6.07, 6.45) is 2.38. The second-order valence-electron chi connectivity index (χ2n) is 2.84. The number of pyridine rings is 1. The van der Waals surface area contributed by atoms with Gasteiger partial charge in [0.1, 0.15) is 5.60 Å². The highest BCUT2D eigenvalue weighted by Gasteiger charge is 2.20. The van der Waals surface area contributed by atoms with Crippen molar-refractivity contribution in [1.82, 2.24) is 4.98 Å². The van der Waals surface area contributed by atoms with E-state index < -0.39 is 5.60 Å². The minimum Gasteiger partial charge on any atom is -0.384 e. The fourth-order valence-corrected chi connectivity index (χ4v) is 0.862. The first kappa shape index (κ1) is 8.21. The van der Waals surface area contributed by atoms with Crippen LogP contribution in [0.4, 0.5) is 0 Å². The fourth-order valence-electron chi connectivity index (χ4n) is 0.862. The second kappa shape index (κ2) is 3.01. The first-order chi connectivity index (χ1) is 5.17. The molecule has 0 fully saturated rings. The van der Waals surface area contributed by atoms with Crippen molar-refractivity contribution in [2.75, 3.05) is 0 Å². The number of hydrogen-bond acceptors (Lipinski definition) is 2. The quantitative estimate of drug-likeness (QED) is 0.697. The van der Waals surface area contributed by atoms with Crippen LogP contribution in [0.25, 0.3) is 0 Å². The lowest BCUT2D eigenvalue weighted by Gasteiger charge is -2.19. The van der Waals surface area contributed by atoms with Crippen LogP contribution in [0.2, 0.25) is 0 Å². The lowest BCUT2D eigenvalue weighted by Crippen LogP contribution is -2.20. The summed E-state index contributed by atoms with van der Waals surface area (Å²) in [7, 11) is 0. The van der Waals surface area contributed by atoms with Gasteiger partial charge in [0.05, 0.1) is 5.69 Å². The van der Waals surface area contributed by atoms with Gasteiger partial charge < -0.3 is 5.11 Å². The van der Waals surface area contributed by atoms with Crippen LogP contribution in [0.1, 0.15) is 26.0 Å². The Morgan fingerprint density at radius 3 is 2.73 bits per heavy atom. The van der Waals surface area contributed by atoms with Crippen LogP contribution in [-0.2, 0) is 5.60 Å². The molecule has 1 rings (SSSR count). The Hall–Kier alpha value is -0.890. The third-order valence-electron chi connectivity index (χ3n) is 1.91. The Labute approximate surface area is 66.9 Å². The first-order valence-electron chi connectivity index (χ1n) is 3.80. The minimum atomic E-state index is -0.777. The maximum Gasteiger partial charge on any atom is 0.103 e. The molecule has 0 aliphatic rings. The topological polar surface area (TPSA) is 33.1 Å². The molecule has 1 aromatic rings. The molecule has 2 heteroatoms. The van der Waals surface area contributed by atoms with Crippen molar-refractivity contribution < 1.29 is 5.11 Å². The van der Waals surface area contributed by atoms with Gasteiger partial charge in [-0.2, -0.15) is 0 Å². The largest absolute Gasteiger partial charge is 0.384 e. The lowest BCUT2D eigenvalue weighted by molar-refractivity contribution is 0.0485. The molecular weight excluding hydrogens is 138 g/mol. The summed E-state index contributed by atoms with van der Waals surface area (Å²) in [5, 5.41) is 9.73. The molecule has 0 amide bonds. The summed E-state index contributed by atoms with van der Waals surface area (Å²) >= 11 is 0. The normalized spacial score (nSPS) is 15.9. The average molecular weight is 151 g/mol. The molecule has 0 aliphatic carbocycles. The number of aromatic nitrogens is 1. The van der Waals surface area contributed by atoms with Crippen molar-refractivity contribution in [3.63, 3.8) is 0 Å². The van der Waals surface area contributed by atoms with E-state index in [2.05, 4.69) is 4.98 Å². The Kier molecular flexibility index (Phi) is 2.25. The van der Waals surface area contributed by atoms with Crippen molar-refractivity contribution in [2.45, 2.75) is 25.9 Å². The van der Waals surface area contributed by atoms with Gasteiger partial charge in [-0.05, 0) is 25.5 Å². The van der Waals surface area contributed by atoms with Crippen LogP contribution < -0.4 is 0 Å². The smallest absolute Gasteiger partial charge is 0.103 e.